The lowest BCUT2D eigenvalue weighted by molar-refractivity contribution is 0.412. The van der Waals surface area contributed by atoms with Gasteiger partial charge in [0, 0.05) is 8.80 Å². The van der Waals surface area contributed by atoms with Crippen LogP contribution in [0.2, 0.25) is 36.8 Å². The van der Waals surface area contributed by atoms with Gasteiger partial charge in [-0.3, -0.25) is 0 Å². The van der Waals surface area contributed by atoms with E-state index < -0.39 is 7.38 Å². The van der Waals surface area contributed by atoms with Gasteiger partial charge in [0.25, 0.3) is 0 Å². The van der Waals surface area contributed by atoms with Gasteiger partial charge in [-0.05, 0) is 23.9 Å². The predicted octanol–water partition coefficient (Wildman–Crippen LogP) is 7.09. The van der Waals surface area contributed by atoms with Crippen LogP contribution in [0, 0.1) is 11.8 Å². The van der Waals surface area contributed by atoms with Gasteiger partial charge < -0.3 is 0 Å². The second kappa shape index (κ2) is 9.13. The quantitative estimate of drug-likeness (QED) is 0.263. The Balaban J connectivity index is 1.55. The van der Waals surface area contributed by atoms with Crippen molar-refractivity contribution in [2.75, 3.05) is 0 Å². The molecule has 0 aromatic carbocycles. The Morgan fingerprint density at radius 3 is 2.19 bits per heavy atom. The highest BCUT2D eigenvalue weighted by molar-refractivity contribution is 7.19. The molecule has 2 aliphatic heterocycles. The van der Waals surface area contributed by atoms with E-state index in [4.69, 9.17) is 11.1 Å². The molecular formula is C18H36ClSi2. The smallest absolute Gasteiger partial charge is 0.153 e. The summed E-state index contributed by atoms with van der Waals surface area (Å²) in [7, 11) is -1.20. The van der Waals surface area contributed by atoms with Crippen molar-refractivity contribution in [3.8, 4) is 0 Å². The monoisotopic (exact) mass is 343 g/mol. The lowest BCUT2D eigenvalue weighted by atomic mass is 9.96. The highest BCUT2D eigenvalue weighted by Crippen LogP contribution is 2.38. The minimum atomic E-state index is -1.25. The maximum Gasteiger partial charge on any atom is 0.153 e. The molecule has 2 saturated heterocycles. The van der Waals surface area contributed by atoms with E-state index in [2.05, 4.69) is 13.5 Å². The molecule has 123 valence electrons. The molecule has 0 nitrogen and oxygen atoms in total. The van der Waals surface area contributed by atoms with E-state index in [9.17, 15) is 0 Å². The van der Waals surface area contributed by atoms with Gasteiger partial charge in [0.1, 0.15) is 0 Å². The molecule has 0 spiro atoms. The summed E-state index contributed by atoms with van der Waals surface area (Å²) in [5.74, 6) is 2.15. The summed E-state index contributed by atoms with van der Waals surface area (Å²) < 4.78 is 0. The first-order valence-corrected chi connectivity index (χ1v) is 15.7. The van der Waals surface area contributed by atoms with Crippen molar-refractivity contribution in [2.24, 2.45) is 11.8 Å². The molecule has 2 heterocycles. The maximum absolute atomic E-state index is 6.60. The number of unbranched alkanes of at least 4 members (excludes halogenated alkanes) is 2. The highest BCUT2D eigenvalue weighted by atomic mass is 35.6. The molecule has 21 heavy (non-hydrogen) atoms. The predicted molar refractivity (Wildman–Crippen MR) is 101 cm³/mol. The Labute approximate surface area is 140 Å². The molecule has 0 saturated carbocycles. The van der Waals surface area contributed by atoms with Crippen LogP contribution >= 0.6 is 11.1 Å². The average molecular weight is 344 g/mol. The zero-order valence-corrected chi connectivity index (χ0v) is 17.2. The van der Waals surface area contributed by atoms with Crippen molar-refractivity contribution >= 4 is 27.3 Å². The molecule has 0 N–H and O–H groups in total. The third-order valence-electron chi connectivity index (χ3n) is 6.08. The zero-order valence-electron chi connectivity index (χ0n) is 14.4. The molecule has 0 aliphatic carbocycles. The maximum atomic E-state index is 6.60. The second-order valence-corrected chi connectivity index (χ2v) is 17.6. The fraction of sp³-hybridized carbons (Fsp3) is 1.00. The lowest BCUT2D eigenvalue weighted by Crippen LogP contribution is -2.29. The van der Waals surface area contributed by atoms with Gasteiger partial charge >= 0.3 is 0 Å². The van der Waals surface area contributed by atoms with Crippen LogP contribution < -0.4 is 0 Å². The van der Waals surface area contributed by atoms with Crippen LogP contribution in [-0.4, -0.2) is 16.2 Å². The third-order valence-corrected chi connectivity index (χ3v) is 12.9. The molecule has 0 atom stereocenters. The van der Waals surface area contributed by atoms with E-state index in [1.165, 1.54) is 50.6 Å². The Kier molecular flexibility index (Phi) is 7.85. The summed E-state index contributed by atoms with van der Waals surface area (Å²) in [6.45, 7) is 4.69. The minimum absolute atomic E-state index is 0.0406. The first kappa shape index (κ1) is 18.1. The van der Waals surface area contributed by atoms with Gasteiger partial charge in [-0.15, -0.1) is 0 Å². The average Bonchev–Trinajstić information content (AvgIpc) is 2.48. The highest BCUT2D eigenvalue weighted by Gasteiger charge is 2.31. The van der Waals surface area contributed by atoms with Crippen LogP contribution in [0.4, 0.5) is 0 Å². The molecule has 0 unspecified atom stereocenters. The minimum Gasteiger partial charge on any atom is -0.167 e. The van der Waals surface area contributed by atoms with Gasteiger partial charge in [0.2, 0.25) is 0 Å². The van der Waals surface area contributed by atoms with Gasteiger partial charge in [0.15, 0.2) is 7.38 Å². The first-order valence-electron chi connectivity index (χ1n) is 9.61. The van der Waals surface area contributed by atoms with Crippen molar-refractivity contribution in [2.45, 2.75) is 101 Å². The van der Waals surface area contributed by atoms with Crippen molar-refractivity contribution in [3.63, 3.8) is 0 Å². The molecule has 2 rings (SSSR count). The van der Waals surface area contributed by atoms with Crippen LogP contribution in [0.3, 0.4) is 0 Å². The summed E-state index contributed by atoms with van der Waals surface area (Å²) in [6.07, 6.45) is 13.5. The zero-order chi connectivity index (χ0) is 15.1. The van der Waals surface area contributed by atoms with Gasteiger partial charge in [-0.2, -0.15) is 11.1 Å². The molecule has 2 aliphatic rings. The molecule has 3 heteroatoms. The summed E-state index contributed by atoms with van der Waals surface area (Å²) in [6, 6.07) is 7.67. The summed E-state index contributed by atoms with van der Waals surface area (Å²) >= 11 is 6.60. The summed E-state index contributed by atoms with van der Waals surface area (Å²) in [5, 5.41) is 0. The molecular weight excluding hydrogens is 308 g/mol. The Bertz CT molecular complexity index is 275. The molecule has 0 bridgehead atoms. The molecule has 0 amide bonds. The van der Waals surface area contributed by atoms with Crippen molar-refractivity contribution in [3.05, 3.63) is 0 Å². The van der Waals surface area contributed by atoms with Crippen LogP contribution in [-0.2, 0) is 0 Å². The van der Waals surface area contributed by atoms with E-state index in [-0.39, 0.29) is 8.80 Å². The van der Waals surface area contributed by atoms with Crippen LogP contribution in [0.25, 0.3) is 0 Å². The van der Waals surface area contributed by atoms with Gasteiger partial charge in [-0.25, -0.2) is 0 Å². The molecule has 1 radical (unpaired) electrons. The molecule has 2 fully saturated rings. The standard InChI is InChI=1S/C18H36ClSi2/c1-3-4-5-6-17-7-12-20(13-8-17)14-9-18-10-15-21(2,19)16-11-18/h17-18H,3-16H2,1-2H3. The Morgan fingerprint density at radius 2 is 1.57 bits per heavy atom. The van der Waals surface area contributed by atoms with Crippen molar-refractivity contribution in [1.82, 2.24) is 0 Å². The van der Waals surface area contributed by atoms with Crippen LogP contribution in [0.5, 0.6) is 0 Å². The van der Waals surface area contributed by atoms with E-state index >= 15 is 0 Å². The topological polar surface area (TPSA) is 0 Å². The van der Waals surface area contributed by atoms with E-state index in [1.54, 1.807) is 37.4 Å². The third kappa shape index (κ3) is 6.78. The number of hydrogen-bond acceptors (Lipinski definition) is 0. The number of halogens is 1. The van der Waals surface area contributed by atoms with Crippen LogP contribution in [0.1, 0.15) is 64.7 Å². The van der Waals surface area contributed by atoms with Crippen molar-refractivity contribution < 1.29 is 0 Å². The number of rotatable bonds is 7. The second-order valence-electron chi connectivity index (χ2n) is 8.08. The van der Waals surface area contributed by atoms with Gasteiger partial charge in [-0.1, -0.05) is 89.4 Å². The lowest BCUT2D eigenvalue weighted by Gasteiger charge is -2.32. The fourth-order valence-electron chi connectivity index (χ4n) is 4.28. The van der Waals surface area contributed by atoms with E-state index in [0.29, 0.717) is 0 Å². The summed E-state index contributed by atoms with van der Waals surface area (Å²) in [5.41, 5.74) is 0. The Hall–Kier alpha value is 0.724. The normalized spacial score (nSPS) is 32.4. The fourth-order valence-corrected chi connectivity index (χ4v) is 10.4. The van der Waals surface area contributed by atoms with Crippen molar-refractivity contribution in [1.29, 1.82) is 0 Å². The molecule has 0 aromatic rings. The Morgan fingerprint density at radius 1 is 0.952 bits per heavy atom. The SMILES string of the molecule is CCCCCC1CC[Si](CCC2CC[Si](C)(Cl)CC2)CC1. The number of hydrogen-bond donors (Lipinski definition) is 0. The first-order chi connectivity index (χ1) is 10.1. The molecule has 0 aromatic heterocycles. The largest absolute Gasteiger partial charge is 0.167 e. The van der Waals surface area contributed by atoms with Crippen LogP contribution in [0.15, 0.2) is 0 Å². The van der Waals surface area contributed by atoms with E-state index in [0.717, 1.165) is 11.8 Å². The van der Waals surface area contributed by atoms with E-state index in [1.807, 2.05) is 0 Å². The van der Waals surface area contributed by atoms with Gasteiger partial charge in [0.05, 0.1) is 0 Å². The summed E-state index contributed by atoms with van der Waals surface area (Å²) in [4.78, 5) is 0.